The smallest absolute Gasteiger partial charge is 0.337 e. The van der Waals surface area contributed by atoms with Crippen molar-refractivity contribution >= 4 is 16.9 Å². The van der Waals surface area contributed by atoms with Crippen molar-refractivity contribution in [3.63, 3.8) is 0 Å². The van der Waals surface area contributed by atoms with E-state index in [1.54, 1.807) is 12.1 Å². The number of carbonyl (C=O) groups is 1. The van der Waals surface area contributed by atoms with Crippen LogP contribution in [0.15, 0.2) is 42.5 Å². The Kier molecular flexibility index (Phi) is 2.56. The number of nitrogens with zero attached hydrogens (tertiary/aromatic N) is 1. The van der Waals surface area contributed by atoms with E-state index in [0.717, 1.165) is 16.6 Å². The summed E-state index contributed by atoms with van der Waals surface area (Å²) < 4.78 is 0. The molecule has 0 saturated heterocycles. The maximum absolute atomic E-state index is 11.2. The number of fused-ring (bicyclic) bond motifs is 1. The molecular formula is C15H12N2O2. The van der Waals surface area contributed by atoms with Crippen LogP contribution in [0.3, 0.4) is 0 Å². The normalized spacial score (nSPS) is 10.8. The second-order valence-electron chi connectivity index (χ2n) is 4.47. The molecule has 1 heterocycles. The van der Waals surface area contributed by atoms with Gasteiger partial charge >= 0.3 is 5.97 Å². The first-order valence-electron chi connectivity index (χ1n) is 5.94. The van der Waals surface area contributed by atoms with Crippen LogP contribution >= 0.6 is 0 Å². The minimum absolute atomic E-state index is 0.239. The van der Waals surface area contributed by atoms with Gasteiger partial charge in [-0.05, 0) is 13.0 Å². The zero-order valence-electron chi connectivity index (χ0n) is 10.3. The second-order valence-corrected chi connectivity index (χ2v) is 4.47. The molecule has 2 aromatic carbocycles. The molecule has 3 aromatic rings. The third-order valence-electron chi connectivity index (χ3n) is 3.15. The van der Waals surface area contributed by atoms with Crippen molar-refractivity contribution < 1.29 is 9.90 Å². The third-order valence-corrected chi connectivity index (χ3v) is 3.15. The number of H-pyrrole nitrogens is 1. The predicted octanol–water partition coefficient (Wildman–Crippen LogP) is 3.24. The van der Waals surface area contributed by atoms with E-state index in [2.05, 4.69) is 10.2 Å². The molecule has 2 N–H and O–H groups in total. The molecule has 1 aromatic heterocycles. The molecule has 0 radical (unpaired) electrons. The lowest BCUT2D eigenvalue weighted by molar-refractivity contribution is 0.0699. The van der Waals surface area contributed by atoms with Crippen molar-refractivity contribution in [1.29, 1.82) is 0 Å². The number of benzene rings is 2. The van der Waals surface area contributed by atoms with E-state index in [4.69, 9.17) is 5.11 Å². The number of para-hydroxylation sites is 1. The van der Waals surface area contributed by atoms with Crippen LogP contribution in [0.5, 0.6) is 0 Å². The lowest BCUT2D eigenvalue weighted by Gasteiger charge is -2.00. The number of aryl methyl sites for hydroxylation is 1. The molecule has 0 spiro atoms. The first-order chi connectivity index (χ1) is 9.16. The van der Waals surface area contributed by atoms with E-state index in [1.807, 2.05) is 37.3 Å². The number of carboxylic acid groups (broad SMARTS) is 1. The van der Waals surface area contributed by atoms with Crippen LogP contribution in [-0.2, 0) is 0 Å². The molecule has 0 fully saturated rings. The van der Waals surface area contributed by atoms with Gasteiger partial charge in [-0.25, -0.2) is 4.79 Å². The SMILES string of the molecule is Cc1ccc(-c2n[nH]c3c(C(=O)O)cccc23)cc1. The van der Waals surface area contributed by atoms with Gasteiger partial charge in [-0.3, -0.25) is 5.10 Å². The van der Waals surface area contributed by atoms with Gasteiger partial charge < -0.3 is 5.11 Å². The Labute approximate surface area is 109 Å². The van der Waals surface area contributed by atoms with E-state index in [9.17, 15) is 4.79 Å². The van der Waals surface area contributed by atoms with Crippen LogP contribution in [-0.4, -0.2) is 21.3 Å². The first-order valence-corrected chi connectivity index (χ1v) is 5.94. The molecule has 0 aliphatic rings. The summed E-state index contributed by atoms with van der Waals surface area (Å²) in [6.45, 7) is 2.02. The topological polar surface area (TPSA) is 66.0 Å². The zero-order valence-corrected chi connectivity index (χ0v) is 10.3. The van der Waals surface area contributed by atoms with E-state index >= 15 is 0 Å². The number of aromatic nitrogens is 2. The van der Waals surface area contributed by atoms with Gasteiger partial charge in [0.2, 0.25) is 0 Å². The largest absolute Gasteiger partial charge is 0.478 e. The highest BCUT2D eigenvalue weighted by Crippen LogP contribution is 2.28. The Morgan fingerprint density at radius 2 is 1.89 bits per heavy atom. The molecule has 0 saturated carbocycles. The lowest BCUT2D eigenvalue weighted by atomic mass is 10.0. The summed E-state index contributed by atoms with van der Waals surface area (Å²) in [4.78, 5) is 11.2. The summed E-state index contributed by atoms with van der Waals surface area (Å²) in [6, 6.07) is 13.2. The Morgan fingerprint density at radius 1 is 1.16 bits per heavy atom. The highest BCUT2D eigenvalue weighted by atomic mass is 16.4. The monoisotopic (exact) mass is 252 g/mol. The summed E-state index contributed by atoms with van der Waals surface area (Å²) in [5.74, 6) is -0.954. The van der Waals surface area contributed by atoms with Gasteiger partial charge in [-0.2, -0.15) is 5.10 Å². The van der Waals surface area contributed by atoms with Crippen LogP contribution in [0.1, 0.15) is 15.9 Å². The van der Waals surface area contributed by atoms with Crippen molar-refractivity contribution in [3.8, 4) is 11.3 Å². The average molecular weight is 252 g/mol. The molecule has 4 heteroatoms. The molecule has 3 rings (SSSR count). The molecule has 0 aliphatic carbocycles. The molecule has 19 heavy (non-hydrogen) atoms. The maximum Gasteiger partial charge on any atom is 0.337 e. The van der Waals surface area contributed by atoms with E-state index in [0.29, 0.717) is 5.52 Å². The van der Waals surface area contributed by atoms with Crippen molar-refractivity contribution in [1.82, 2.24) is 10.2 Å². The molecular weight excluding hydrogens is 240 g/mol. The van der Waals surface area contributed by atoms with Crippen molar-refractivity contribution in [3.05, 3.63) is 53.6 Å². The minimum Gasteiger partial charge on any atom is -0.478 e. The van der Waals surface area contributed by atoms with Gasteiger partial charge in [-0.1, -0.05) is 42.0 Å². The zero-order chi connectivity index (χ0) is 13.4. The Morgan fingerprint density at radius 3 is 2.58 bits per heavy atom. The highest BCUT2D eigenvalue weighted by Gasteiger charge is 2.14. The second kappa shape index (κ2) is 4.24. The molecule has 0 unspecified atom stereocenters. The molecule has 0 aliphatic heterocycles. The molecule has 4 nitrogen and oxygen atoms in total. The van der Waals surface area contributed by atoms with Crippen LogP contribution < -0.4 is 0 Å². The van der Waals surface area contributed by atoms with Crippen molar-refractivity contribution in [2.75, 3.05) is 0 Å². The quantitative estimate of drug-likeness (QED) is 0.735. The molecule has 0 bridgehead atoms. The van der Waals surface area contributed by atoms with Gasteiger partial charge in [0.15, 0.2) is 0 Å². The number of nitrogens with one attached hydrogen (secondary N) is 1. The number of aromatic carboxylic acids is 1. The fourth-order valence-corrected chi connectivity index (χ4v) is 2.15. The number of rotatable bonds is 2. The van der Waals surface area contributed by atoms with Crippen molar-refractivity contribution in [2.45, 2.75) is 6.92 Å². The van der Waals surface area contributed by atoms with Gasteiger partial charge in [0.1, 0.15) is 0 Å². The Hall–Kier alpha value is -2.62. The van der Waals surface area contributed by atoms with E-state index in [1.165, 1.54) is 5.56 Å². The van der Waals surface area contributed by atoms with Crippen molar-refractivity contribution in [2.24, 2.45) is 0 Å². The molecule has 0 amide bonds. The predicted molar refractivity (Wildman–Crippen MR) is 73.2 cm³/mol. The third kappa shape index (κ3) is 1.87. The van der Waals surface area contributed by atoms with Crippen LogP contribution in [0.25, 0.3) is 22.2 Å². The average Bonchev–Trinajstić information content (AvgIpc) is 2.83. The summed E-state index contributed by atoms with van der Waals surface area (Å²) in [6.07, 6.45) is 0. The lowest BCUT2D eigenvalue weighted by Crippen LogP contribution is -1.96. The molecule has 94 valence electrons. The van der Waals surface area contributed by atoms with Gasteiger partial charge in [-0.15, -0.1) is 0 Å². The Balaban J connectivity index is 2.24. The van der Waals surface area contributed by atoms with Gasteiger partial charge in [0.25, 0.3) is 0 Å². The summed E-state index contributed by atoms with van der Waals surface area (Å²) >= 11 is 0. The van der Waals surface area contributed by atoms with Crippen LogP contribution in [0.4, 0.5) is 0 Å². The summed E-state index contributed by atoms with van der Waals surface area (Å²) in [5, 5.41) is 17.0. The number of hydrogen-bond donors (Lipinski definition) is 2. The standard InChI is InChI=1S/C15H12N2O2/c1-9-5-7-10(8-6-9)13-11-3-2-4-12(15(18)19)14(11)17-16-13/h2-8H,1H3,(H,16,17)(H,18,19). The van der Waals surface area contributed by atoms with Crippen LogP contribution in [0.2, 0.25) is 0 Å². The number of aromatic amines is 1. The van der Waals surface area contributed by atoms with Gasteiger partial charge in [0.05, 0.1) is 16.8 Å². The Bertz CT molecular complexity index is 757. The van der Waals surface area contributed by atoms with Gasteiger partial charge in [0, 0.05) is 10.9 Å². The molecule has 0 atom stereocenters. The number of hydrogen-bond acceptors (Lipinski definition) is 2. The van der Waals surface area contributed by atoms with E-state index in [-0.39, 0.29) is 5.56 Å². The highest BCUT2D eigenvalue weighted by molar-refractivity contribution is 6.05. The fourth-order valence-electron chi connectivity index (χ4n) is 2.15. The first kappa shape index (κ1) is 11.5. The summed E-state index contributed by atoms with van der Waals surface area (Å²) in [7, 11) is 0. The van der Waals surface area contributed by atoms with Crippen LogP contribution in [0, 0.1) is 6.92 Å². The maximum atomic E-state index is 11.2. The minimum atomic E-state index is -0.954. The summed E-state index contributed by atoms with van der Waals surface area (Å²) in [5.41, 5.74) is 3.72. The number of carboxylic acids is 1. The van der Waals surface area contributed by atoms with E-state index < -0.39 is 5.97 Å². The fraction of sp³-hybridized carbons (Fsp3) is 0.0667.